The topological polar surface area (TPSA) is 69.7 Å². The Morgan fingerprint density at radius 2 is 1.88 bits per heavy atom. The Morgan fingerprint density at radius 1 is 1.12 bits per heavy atom. The fourth-order valence-corrected chi connectivity index (χ4v) is 2.49. The summed E-state index contributed by atoms with van der Waals surface area (Å²) in [4.78, 5) is 16.8. The lowest BCUT2D eigenvalue weighted by molar-refractivity contribution is 0.0947. The van der Waals surface area contributed by atoms with Crippen molar-refractivity contribution < 1.29 is 19.0 Å². The molecular formula is C18H22N2O4. The molecule has 0 unspecified atom stereocenters. The molecule has 1 amide bonds. The number of benzene rings is 1. The summed E-state index contributed by atoms with van der Waals surface area (Å²) < 4.78 is 15.8. The molecule has 0 aliphatic carbocycles. The average molecular weight is 330 g/mol. The van der Waals surface area contributed by atoms with Crippen LogP contribution in [0.25, 0.3) is 0 Å². The van der Waals surface area contributed by atoms with Gasteiger partial charge in [-0.3, -0.25) is 9.78 Å². The molecular weight excluding hydrogens is 308 g/mol. The van der Waals surface area contributed by atoms with E-state index in [4.69, 9.17) is 14.2 Å². The van der Waals surface area contributed by atoms with Crippen LogP contribution in [-0.2, 0) is 6.54 Å². The Hall–Kier alpha value is -2.76. The molecule has 0 radical (unpaired) electrons. The standard InChI is InChI=1S/C18H22N2O4/c1-11-9-19-15(12(2)17(11)24-5)10-20-18(21)14-7-6-13(22-3)8-16(14)23-4/h6-9H,10H2,1-5H3,(H,20,21). The Bertz CT molecular complexity index is 744. The van der Waals surface area contributed by atoms with Gasteiger partial charge in [-0.1, -0.05) is 0 Å². The zero-order valence-electron chi connectivity index (χ0n) is 14.6. The second kappa shape index (κ2) is 7.68. The number of hydrogen-bond acceptors (Lipinski definition) is 5. The van der Waals surface area contributed by atoms with Gasteiger partial charge in [-0.15, -0.1) is 0 Å². The fourth-order valence-electron chi connectivity index (χ4n) is 2.49. The van der Waals surface area contributed by atoms with Gasteiger partial charge in [-0.05, 0) is 26.0 Å². The van der Waals surface area contributed by atoms with Crippen LogP contribution in [-0.4, -0.2) is 32.2 Å². The summed E-state index contributed by atoms with van der Waals surface area (Å²) in [7, 11) is 4.70. The molecule has 2 rings (SSSR count). The van der Waals surface area contributed by atoms with Crippen molar-refractivity contribution in [3.63, 3.8) is 0 Å². The van der Waals surface area contributed by atoms with Crippen LogP contribution in [0.15, 0.2) is 24.4 Å². The molecule has 0 fully saturated rings. The number of carbonyl (C=O) groups excluding carboxylic acids is 1. The highest BCUT2D eigenvalue weighted by Crippen LogP contribution is 2.26. The maximum atomic E-state index is 12.4. The minimum absolute atomic E-state index is 0.241. The molecule has 1 N–H and O–H groups in total. The third-order valence-electron chi connectivity index (χ3n) is 3.82. The Labute approximate surface area is 141 Å². The minimum atomic E-state index is -0.241. The molecule has 0 spiro atoms. The van der Waals surface area contributed by atoms with Gasteiger partial charge < -0.3 is 19.5 Å². The number of ether oxygens (including phenoxy) is 3. The van der Waals surface area contributed by atoms with E-state index in [9.17, 15) is 4.79 Å². The van der Waals surface area contributed by atoms with Gasteiger partial charge in [0, 0.05) is 23.4 Å². The zero-order valence-corrected chi connectivity index (χ0v) is 14.6. The lowest BCUT2D eigenvalue weighted by atomic mass is 10.1. The van der Waals surface area contributed by atoms with E-state index >= 15 is 0 Å². The first-order valence-corrected chi connectivity index (χ1v) is 7.51. The maximum absolute atomic E-state index is 12.4. The monoisotopic (exact) mass is 330 g/mol. The molecule has 6 nitrogen and oxygen atoms in total. The number of amides is 1. The fraction of sp³-hybridized carbons (Fsp3) is 0.333. The van der Waals surface area contributed by atoms with E-state index in [0.717, 1.165) is 22.6 Å². The molecule has 24 heavy (non-hydrogen) atoms. The zero-order chi connectivity index (χ0) is 17.7. The summed E-state index contributed by atoms with van der Waals surface area (Å²) in [5.41, 5.74) is 3.08. The van der Waals surface area contributed by atoms with E-state index < -0.39 is 0 Å². The summed E-state index contributed by atoms with van der Waals surface area (Å²) in [5.74, 6) is 1.63. The largest absolute Gasteiger partial charge is 0.497 e. The number of hydrogen-bond donors (Lipinski definition) is 1. The van der Waals surface area contributed by atoms with Gasteiger partial charge >= 0.3 is 0 Å². The number of aromatic nitrogens is 1. The minimum Gasteiger partial charge on any atom is -0.497 e. The first kappa shape index (κ1) is 17.6. The number of nitrogens with zero attached hydrogens (tertiary/aromatic N) is 1. The molecule has 0 bridgehead atoms. The third kappa shape index (κ3) is 3.59. The Balaban J connectivity index is 2.17. The van der Waals surface area contributed by atoms with Crippen molar-refractivity contribution in [3.8, 4) is 17.2 Å². The predicted octanol–water partition coefficient (Wildman–Crippen LogP) is 2.65. The van der Waals surface area contributed by atoms with E-state index in [0.29, 0.717) is 23.6 Å². The van der Waals surface area contributed by atoms with Crippen molar-refractivity contribution >= 4 is 5.91 Å². The van der Waals surface area contributed by atoms with Crippen molar-refractivity contribution in [3.05, 3.63) is 46.8 Å². The summed E-state index contributed by atoms with van der Waals surface area (Å²) >= 11 is 0. The molecule has 0 saturated heterocycles. The number of carbonyl (C=O) groups is 1. The van der Waals surface area contributed by atoms with E-state index in [2.05, 4.69) is 10.3 Å². The van der Waals surface area contributed by atoms with Gasteiger partial charge in [0.05, 0.1) is 39.1 Å². The Kier molecular flexibility index (Phi) is 5.63. The Morgan fingerprint density at radius 3 is 2.50 bits per heavy atom. The van der Waals surface area contributed by atoms with Gasteiger partial charge in [0.15, 0.2) is 0 Å². The van der Waals surface area contributed by atoms with Crippen LogP contribution in [0, 0.1) is 13.8 Å². The molecule has 6 heteroatoms. The second-order valence-corrected chi connectivity index (χ2v) is 5.30. The van der Waals surface area contributed by atoms with Crippen LogP contribution in [0.1, 0.15) is 27.2 Å². The average Bonchev–Trinajstić information content (AvgIpc) is 2.60. The molecule has 0 aliphatic rings. The van der Waals surface area contributed by atoms with Crippen molar-refractivity contribution in [2.24, 2.45) is 0 Å². The normalized spacial score (nSPS) is 10.2. The van der Waals surface area contributed by atoms with E-state index in [-0.39, 0.29) is 5.91 Å². The summed E-state index contributed by atoms with van der Waals surface area (Å²) in [5, 5.41) is 2.86. The number of nitrogens with one attached hydrogen (secondary N) is 1. The van der Waals surface area contributed by atoms with Gasteiger partial charge in [0.25, 0.3) is 5.91 Å². The lowest BCUT2D eigenvalue weighted by Gasteiger charge is -2.14. The van der Waals surface area contributed by atoms with E-state index in [1.54, 1.807) is 38.6 Å². The summed E-state index contributed by atoms with van der Waals surface area (Å²) in [6.45, 7) is 4.16. The lowest BCUT2D eigenvalue weighted by Crippen LogP contribution is -2.24. The molecule has 0 aliphatic heterocycles. The van der Waals surface area contributed by atoms with Gasteiger partial charge in [0.1, 0.15) is 17.2 Å². The van der Waals surface area contributed by atoms with Gasteiger partial charge in [-0.2, -0.15) is 0 Å². The van der Waals surface area contributed by atoms with Crippen LogP contribution in [0.2, 0.25) is 0 Å². The molecule has 2 aromatic rings. The van der Waals surface area contributed by atoms with Crippen molar-refractivity contribution in [2.75, 3.05) is 21.3 Å². The second-order valence-electron chi connectivity index (χ2n) is 5.30. The SMILES string of the molecule is COc1ccc(C(=O)NCc2ncc(C)c(OC)c2C)c(OC)c1. The van der Waals surface area contributed by atoms with Gasteiger partial charge in [0.2, 0.25) is 0 Å². The summed E-state index contributed by atoms with van der Waals surface area (Å²) in [6, 6.07) is 5.06. The molecule has 0 atom stereocenters. The number of rotatable bonds is 6. The van der Waals surface area contributed by atoms with Crippen molar-refractivity contribution in [1.29, 1.82) is 0 Å². The smallest absolute Gasteiger partial charge is 0.255 e. The van der Waals surface area contributed by atoms with Crippen LogP contribution in [0.5, 0.6) is 17.2 Å². The van der Waals surface area contributed by atoms with Crippen LogP contribution in [0.4, 0.5) is 0 Å². The highest BCUT2D eigenvalue weighted by molar-refractivity contribution is 5.97. The van der Waals surface area contributed by atoms with E-state index in [1.165, 1.54) is 7.11 Å². The predicted molar refractivity (Wildman–Crippen MR) is 91.0 cm³/mol. The first-order chi connectivity index (χ1) is 11.5. The number of pyridine rings is 1. The third-order valence-corrected chi connectivity index (χ3v) is 3.82. The van der Waals surface area contributed by atoms with Crippen LogP contribution in [0.3, 0.4) is 0 Å². The maximum Gasteiger partial charge on any atom is 0.255 e. The van der Waals surface area contributed by atoms with Crippen LogP contribution < -0.4 is 19.5 Å². The van der Waals surface area contributed by atoms with Gasteiger partial charge in [-0.25, -0.2) is 0 Å². The summed E-state index contributed by atoms with van der Waals surface area (Å²) in [6.07, 6.45) is 1.74. The first-order valence-electron chi connectivity index (χ1n) is 7.51. The number of aryl methyl sites for hydroxylation is 1. The molecule has 1 aromatic carbocycles. The van der Waals surface area contributed by atoms with Crippen molar-refractivity contribution in [1.82, 2.24) is 10.3 Å². The molecule has 0 saturated carbocycles. The highest BCUT2D eigenvalue weighted by Gasteiger charge is 2.15. The molecule has 1 heterocycles. The molecule has 1 aromatic heterocycles. The van der Waals surface area contributed by atoms with Crippen LogP contribution >= 0.6 is 0 Å². The molecule has 128 valence electrons. The number of methoxy groups -OCH3 is 3. The van der Waals surface area contributed by atoms with Crippen molar-refractivity contribution in [2.45, 2.75) is 20.4 Å². The highest BCUT2D eigenvalue weighted by atomic mass is 16.5. The van der Waals surface area contributed by atoms with E-state index in [1.807, 2.05) is 13.8 Å². The quantitative estimate of drug-likeness (QED) is 0.882.